The van der Waals surface area contributed by atoms with Gasteiger partial charge >= 0.3 is 0 Å². The van der Waals surface area contributed by atoms with Gasteiger partial charge in [-0.25, -0.2) is 28.8 Å². The van der Waals surface area contributed by atoms with Gasteiger partial charge in [0.1, 0.15) is 40.5 Å². The highest BCUT2D eigenvalue weighted by Crippen LogP contribution is 2.45. The number of fused-ring (bicyclic) bond motifs is 2. The van der Waals surface area contributed by atoms with Gasteiger partial charge in [-0.2, -0.15) is 5.10 Å². The predicted octanol–water partition coefficient (Wildman–Crippen LogP) is 4.60. The molecule has 4 aromatic heterocycles. The zero-order valence-electron chi connectivity index (χ0n) is 22.4. The maximum absolute atomic E-state index is 15.5. The fourth-order valence-electron chi connectivity index (χ4n) is 5.26. The predicted molar refractivity (Wildman–Crippen MR) is 154 cm³/mol. The highest BCUT2D eigenvalue weighted by Gasteiger charge is 2.53. The van der Waals surface area contributed by atoms with Crippen molar-refractivity contribution in [1.82, 2.24) is 34.4 Å². The average Bonchev–Trinajstić information content (AvgIpc) is 3.59. The van der Waals surface area contributed by atoms with Crippen molar-refractivity contribution in [2.75, 3.05) is 29.9 Å². The third-order valence-corrected chi connectivity index (χ3v) is 7.88. The van der Waals surface area contributed by atoms with E-state index in [0.717, 1.165) is 18.7 Å². The van der Waals surface area contributed by atoms with Crippen molar-refractivity contribution in [3.63, 3.8) is 0 Å². The number of carbonyl (C=O) groups excluding carboxylic acids is 1. The van der Waals surface area contributed by atoms with Crippen LogP contribution in [0.15, 0.2) is 55.2 Å². The van der Waals surface area contributed by atoms with E-state index in [2.05, 4.69) is 42.1 Å². The molecule has 2 fully saturated rings. The van der Waals surface area contributed by atoms with E-state index in [-0.39, 0.29) is 27.9 Å². The van der Waals surface area contributed by atoms with Crippen LogP contribution < -0.4 is 15.0 Å². The number of rotatable bonds is 5. The number of nitrogens with one attached hydrogen (secondary N) is 1. The van der Waals surface area contributed by atoms with Crippen LogP contribution in [-0.4, -0.2) is 65.5 Å². The van der Waals surface area contributed by atoms with E-state index < -0.39 is 5.82 Å². The lowest BCUT2D eigenvalue weighted by atomic mass is 10.1. The Balaban J connectivity index is 1.14. The van der Waals surface area contributed by atoms with Crippen LogP contribution in [0.25, 0.3) is 16.7 Å². The number of carbonyl (C=O) groups is 1. The van der Waals surface area contributed by atoms with Gasteiger partial charge < -0.3 is 19.9 Å². The molecule has 0 unspecified atom stereocenters. The van der Waals surface area contributed by atoms with Gasteiger partial charge in [0.05, 0.1) is 16.7 Å². The minimum atomic E-state index is -0.702. The number of ether oxygens (including phenoxy) is 1. The summed E-state index contributed by atoms with van der Waals surface area (Å²) in [5, 5.41) is 6.88. The molecule has 5 heterocycles. The van der Waals surface area contributed by atoms with E-state index in [9.17, 15) is 4.79 Å². The maximum Gasteiger partial charge on any atom is 0.299 e. The zero-order chi connectivity index (χ0) is 28.8. The van der Waals surface area contributed by atoms with Gasteiger partial charge in [0.25, 0.3) is 5.91 Å². The molecular weight excluding hydrogens is 561 g/mol. The Bertz CT molecular complexity index is 1930. The maximum atomic E-state index is 15.5. The highest BCUT2D eigenvalue weighted by molar-refractivity contribution is 6.32. The molecule has 1 aliphatic carbocycles. The second kappa shape index (κ2) is 10.1. The van der Waals surface area contributed by atoms with Gasteiger partial charge in [-0.1, -0.05) is 17.5 Å². The molecule has 13 heteroatoms. The first-order chi connectivity index (χ1) is 20.4. The molecule has 0 bridgehead atoms. The van der Waals surface area contributed by atoms with Crippen molar-refractivity contribution in [3.05, 3.63) is 66.1 Å². The third-order valence-electron chi connectivity index (χ3n) is 7.53. The highest BCUT2D eigenvalue weighted by atomic mass is 35.5. The molecule has 42 heavy (non-hydrogen) atoms. The van der Waals surface area contributed by atoms with Gasteiger partial charge in [0, 0.05) is 31.9 Å². The first-order valence-electron chi connectivity index (χ1n) is 13.3. The van der Waals surface area contributed by atoms with Gasteiger partial charge in [-0.15, -0.1) is 0 Å². The molecule has 2 aliphatic rings. The second-order valence-electron chi connectivity index (χ2n) is 10.1. The summed E-state index contributed by atoms with van der Waals surface area (Å²) in [6.07, 6.45) is 6.36. The van der Waals surface area contributed by atoms with Crippen molar-refractivity contribution in [1.29, 1.82) is 0 Å². The zero-order valence-corrected chi connectivity index (χ0v) is 23.1. The fourth-order valence-corrected chi connectivity index (χ4v) is 5.46. The lowest BCUT2D eigenvalue weighted by molar-refractivity contribution is -0.128. The number of aromatic nitrogens is 6. The first-order valence-corrected chi connectivity index (χ1v) is 13.7. The van der Waals surface area contributed by atoms with Crippen LogP contribution >= 0.6 is 11.6 Å². The monoisotopic (exact) mass is 583 g/mol. The quantitative estimate of drug-likeness (QED) is 0.296. The number of amides is 1. The lowest BCUT2D eigenvalue weighted by Gasteiger charge is -2.41. The Kier molecular flexibility index (Phi) is 6.24. The smallest absolute Gasteiger partial charge is 0.299 e. The number of hydrogen-bond acceptors (Lipinski definition) is 9. The van der Waals surface area contributed by atoms with E-state index in [1.165, 1.54) is 18.7 Å². The molecule has 1 N–H and O–H groups in total. The number of hydrogen-bond donors (Lipinski definition) is 1. The standard InChI is InChI=1S/C29H23ClFN9O2/c1-2-3-24(41)39-13-12-38(15-29(39)9-10-29)22-7-5-20-27(37-22)28(34-16-32-20)36-19-4-6-21(25(30)26(19)31)42-18-8-11-40-23(14-18)33-17-35-40/h4-8,11,14,16-17H,9-10,12-13,15H2,1H3,(H,32,34,36). The molecule has 1 saturated heterocycles. The number of pyridine rings is 2. The molecule has 1 aliphatic heterocycles. The lowest BCUT2D eigenvalue weighted by Crippen LogP contribution is -2.57. The molecule has 0 atom stereocenters. The van der Waals surface area contributed by atoms with Crippen LogP contribution in [0.5, 0.6) is 11.5 Å². The summed E-state index contributed by atoms with van der Waals surface area (Å²) in [4.78, 5) is 34.2. The Labute approximate surface area is 244 Å². The Morgan fingerprint density at radius 3 is 2.83 bits per heavy atom. The minimum absolute atomic E-state index is 0.105. The number of piperazine rings is 1. The summed E-state index contributed by atoms with van der Waals surface area (Å²) in [6.45, 7) is 3.51. The average molecular weight is 584 g/mol. The fraction of sp³-hybridized carbons (Fsp3) is 0.241. The Hall–Kier alpha value is -5.02. The van der Waals surface area contributed by atoms with Crippen molar-refractivity contribution in [3.8, 4) is 23.3 Å². The Morgan fingerprint density at radius 1 is 1.12 bits per heavy atom. The number of benzene rings is 1. The summed E-state index contributed by atoms with van der Waals surface area (Å²) >= 11 is 6.38. The third kappa shape index (κ3) is 4.57. The largest absolute Gasteiger partial charge is 0.455 e. The molecule has 5 aromatic rings. The summed E-state index contributed by atoms with van der Waals surface area (Å²) in [5.74, 6) is 6.20. The van der Waals surface area contributed by atoms with Gasteiger partial charge in [-0.05, 0) is 56.0 Å². The summed E-state index contributed by atoms with van der Waals surface area (Å²) in [7, 11) is 0. The molecule has 1 spiro atoms. The SMILES string of the molecule is CC#CC(=O)N1CCN(c2ccc3ncnc(Nc4ccc(Oc5ccn6ncnc6c5)c(Cl)c4F)c3n2)CC12CC2. The summed E-state index contributed by atoms with van der Waals surface area (Å²) in [5.41, 5.74) is 1.55. The molecule has 210 valence electrons. The van der Waals surface area contributed by atoms with Crippen LogP contribution in [0.2, 0.25) is 5.02 Å². The second-order valence-corrected chi connectivity index (χ2v) is 10.5. The van der Waals surface area contributed by atoms with Crippen LogP contribution in [0.1, 0.15) is 19.8 Å². The van der Waals surface area contributed by atoms with Crippen LogP contribution in [0.3, 0.4) is 0 Å². The van der Waals surface area contributed by atoms with E-state index in [4.69, 9.17) is 21.3 Å². The van der Waals surface area contributed by atoms with E-state index in [0.29, 0.717) is 47.9 Å². The molecule has 1 amide bonds. The molecular formula is C29H23ClFN9O2. The van der Waals surface area contributed by atoms with Crippen molar-refractivity contribution >= 4 is 51.5 Å². The first kappa shape index (κ1) is 25.9. The van der Waals surface area contributed by atoms with Crippen LogP contribution in [0, 0.1) is 17.7 Å². The molecule has 1 aromatic carbocycles. The minimum Gasteiger partial charge on any atom is -0.455 e. The topological polar surface area (TPSA) is 114 Å². The van der Waals surface area contributed by atoms with Crippen molar-refractivity contribution in [2.45, 2.75) is 25.3 Å². The van der Waals surface area contributed by atoms with E-state index in [1.807, 2.05) is 17.0 Å². The van der Waals surface area contributed by atoms with E-state index >= 15 is 4.39 Å². The number of anilines is 3. The van der Waals surface area contributed by atoms with E-state index in [1.54, 1.807) is 35.8 Å². The summed E-state index contributed by atoms with van der Waals surface area (Å²) in [6, 6.07) is 10.2. The van der Waals surface area contributed by atoms with Crippen LogP contribution in [0.4, 0.5) is 21.7 Å². The van der Waals surface area contributed by atoms with Gasteiger partial charge in [0.15, 0.2) is 17.3 Å². The van der Waals surface area contributed by atoms with Gasteiger partial charge in [0.2, 0.25) is 0 Å². The number of halogens is 2. The normalized spacial score (nSPS) is 15.5. The molecule has 0 radical (unpaired) electrons. The van der Waals surface area contributed by atoms with Crippen LogP contribution in [-0.2, 0) is 4.79 Å². The molecule has 7 rings (SSSR count). The number of nitrogens with zero attached hydrogens (tertiary/aromatic N) is 8. The van der Waals surface area contributed by atoms with Crippen molar-refractivity contribution in [2.24, 2.45) is 0 Å². The Morgan fingerprint density at radius 2 is 2.00 bits per heavy atom. The van der Waals surface area contributed by atoms with Gasteiger partial charge in [-0.3, -0.25) is 4.79 Å². The van der Waals surface area contributed by atoms with Crippen molar-refractivity contribution < 1.29 is 13.9 Å². The summed E-state index contributed by atoms with van der Waals surface area (Å²) < 4.78 is 22.9. The molecule has 1 saturated carbocycles. The molecule has 11 nitrogen and oxygen atoms in total.